The first kappa shape index (κ1) is 19.3. The van der Waals surface area contributed by atoms with Crippen molar-refractivity contribution in [2.24, 2.45) is 0 Å². The quantitative estimate of drug-likeness (QED) is 0.767. The van der Waals surface area contributed by atoms with E-state index in [1.165, 1.54) is 11.8 Å². The maximum Gasteiger partial charge on any atom is 0.234 e. The Hall–Kier alpha value is -1.98. The first-order chi connectivity index (χ1) is 11.9. The van der Waals surface area contributed by atoms with E-state index in [0.29, 0.717) is 11.6 Å². The Morgan fingerprint density at radius 1 is 1.16 bits per heavy atom. The predicted molar refractivity (Wildman–Crippen MR) is 105 cm³/mol. The highest BCUT2D eigenvalue weighted by Crippen LogP contribution is 2.14. The third kappa shape index (κ3) is 6.80. The summed E-state index contributed by atoms with van der Waals surface area (Å²) in [7, 11) is 0. The summed E-state index contributed by atoms with van der Waals surface area (Å²) in [4.78, 5) is 24.1. The van der Waals surface area contributed by atoms with E-state index in [9.17, 15) is 9.59 Å². The number of aryl methyl sites for hydroxylation is 1. The lowest BCUT2D eigenvalue weighted by molar-refractivity contribution is -0.120. The Labute approximate surface area is 157 Å². The van der Waals surface area contributed by atoms with Gasteiger partial charge in [-0.2, -0.15) is 0 Å². The molecule has 6 heteroatoms. The van der Waals surface area contributed by atoms with E-state index in [-0.39, 0.29) is 22.8 Å². The normalized spacial score (nSPS) is 11.6. The van der Waals surface area contributed by atoms with Crippen LogP contribution in [-0.4, -0.2) is 22.8 Å². The van der Waals surface area contributed by atoms with Crippen molar-refractivity contribution < 1.29 is 9.59 Å². The third-order valence-electron chi connectivity index (χ3n) is 3.52. The van der Waals surface area contributed by atoms with Gasteiger partial charge >= 0.3 is 0 Å². The van der Waals surface area contributed by atoms with Gasteiger partial charge in [-0.25, -0.2) is 0 Å². The molecule has 25 heavy (non-hydrogen) atoms. The first-order valence-corrected chi connectivity index (χ1v) is 9.37. The summed E-state index contributed by atoms with van der Waals surface area (Å²) < 4.78 is 0. The number of hydrogen-bond donors (Lipinski definition) is 2. The highest BCUT2D eigenvalue weighted by atomic mass is 35.5. The number of thioether (sulfide) groups is 1. The lowest BCUT2D eigenvalue weighted by Gasteiger charge is -2.12. The SMILES string of the molecule is Cc1ccc(NC(=O)CS[C@@H](C)C(=O)NCc2cccc(Cl)c2)cc1. The minimum Gasteiger partial charge on any atom is -0.351 e. The van der Waals surface area contributed by atoms with Gasteiger partial charge in [-0.15, -0.1) is 11.8 Å². The van der Waals surface area contributed by atoms with Gasteiger partial charge in [0.05, 0.1) is 11.0 Å². The van der Waals surface area contributed by atoms with E-state index in [0.717, 1.165) is 16.8 Å². The van der Waals surface area contributed by atoms with Crippen LogP contribution in [0.2, 0.25) is 5.02 Å². The molecule has 0 unspecified atom stereocenters. The second kappa shape index (κ2) is 9.49. The van der Waals surface area contributed by atoms with Crippen LogP contribution in [0, 0.1) is 6.92 Å². The fourth-order valence-corrected chi connectivity index (χ4v) is 3.01. The van der Waals surface area contributed by atoms with E-state index >= 15 is 0 Å². The molecule has 0 aliphatic heterocycles. The highest BCUT2D eigenvalue weighted by molar-refractivity contribution is 8.01. The predicted octanol–water partition coefficient (Wildman–Crippen LogP) is 4.03. The van der Waals surface area contributed by atoms with Crippen LogP contribution in [0.3, 0.4) is 0 Å². The molecule has 0 aromatic heterocycles. The second-order valence-electron chi connectivity index (χ2n) is 5.72. The number of hydrogen-bond acceptors (Lipinski definition) is 3. The van der Waals surface area contributed by atoms with Gasteiger partial charge in [-0.1, -0.05) is 41.4 Å². The smallest absolute Gasteiger partial charge is 0.234 e. The van der Waals surface area contributed by atoms with Gasteiger partial charge in [0.15, 0.2) is 0 Å². The van der Waals surface area contributed by atoms with Gasteiger partial charge in [0.2, 0.25) is 11.8 Å². The largest absolute Gasteiger partial charge is 0.351 e. The molecule has 2 aromatic rings. The summed E-state index contributed by atoms with van der Waals surface area (Å²) in [6.07, 6.45) is 0. The van der Waals surface area contributed by atoms with E-state index in [1.807, 2.05) is 49.4 Å². The third-order valence-corrected chi connectivity index (χ3v) is 4.90. The van der Waals surface area contributed by atoms with Crippen molar-refractivity contribution in [3.8, 4) is 0 Å². The van der Waals surface area contributed by atoms with Gasteiger partial charge in [-0.3, -0.25) is 9.59 Å². The molecule has 0 radical (unpaired) electrons. The molecular formula is C19H21ClN2O2S. The Morgan fingerprint density at radius 2 is 1.88 bits per heavy atom. The van der Waals surface area contributed by atoms with Gasteiger partial charge in [0.25, 0.3) is 0 Å². The summed E-state index contributed by atoms with van der Waals surface area (Å²) in [6.45, 7) is 4.20. The molecule has 0 bridgehead atoms. The van der Waals surface area contributed by atoms with Crippen LogP contribution in [-0.2, 0) is 16.1 Å². The number of carbonyl (C=O) groups is 2. The summed E-state index contributed by atoms with van der Waals surface area (Å²) >= 11 is 7.22. The molecular weight excluding hydrogens is 356 g/mol. The Kier molecular flexibility index (Phi) is 7.34. The topological polar surface area (TPSA) is 58.2 Å². The average Bonchev–Trinajstić information content (AvgIpc) is 2.59. The standard InChI is InChI=1S/C19H21ClN2O2S/c1-13-6-8-17(9-7-13)22-18(23)12-25-14(2)19(24)21-11-15-4-3-5-16(20)10-15/h3-10,14H,11-12H2,1-2H3,(H,21,24)(H,22,23)/t14-/m0/s1. The molecule has 0 heterocycles. The summed E-state index contributed by atoms with van der Waals surface area (Å²) in [6, 6.07) is 14.9. The Bertz CT molecular complexity index is 734. The molecule has 2 aromatic carbocycles. The molecule has 0 fully saturated rings. The average molecular weight is 377 g/mol. The number of rotatable bonds is 7. The molecule has 4 nitrogen and oxygen atoms in total. The van der Waals surface area contributed by atoms with Crippen LogP contribution in [0.25, 0.3) is 0 Å². The number of halogens is 1. The minimum atomic E-state index is -0.317. The van der Waals surface area contributed by atoms with Gasteiger partial charge in [0.1, 0.15) is 0 Å². The lowest BCUT2D eigenvalue weighted by atomic mass is 10.2. The van der Waals surface area contributed by atoms with Gasteiger partial charge < -0.3 is 10.6 Å². The maximum atomic E-state index is 12.1. The molecule has 2 rings (SSSR count). The van der Waals surface area contributed by atoms with Gasteiger partial charge in [-0.05, 0) is 43.7 Å². The number of nitrogens with one attached hydrogen (secondary N) is 2. The van der Waals surface area contributed by atoms with E-state index in [4.69, 9.17) is 11.6 Å². The van der Waals surface area contributed by atoms with Gasteiger partial charge in [0, 0.05) is 17.3 Å². The summed E-state index contributed by atoms with van der Waals surface area (Å²) in [5.41, 5.74) is 2.83. The van der Waals surface area contributed by atoms with Crippen LogP contribution in [0.4, 0.5) is 5.69 Å². The van der Waals surface area contributed by atoms with Crippen LogP contribution < -0.4 is 10.6 Å². The summed E-state index contributed by atoms with van der Waals surface area (Å²) in [5, 5.41) is 6.00. The zero-order valence-electron chi connectivity index (χ0n) is 14.2. The zero-order chi connectivity index (χ0) is 18.2. The van der Waals surface area contributed by atoms with Crippen LogP contribution in [0.15, 0.2) is 48.5 Å². The van der Waals surface area contributed by atoms with Crippen molar-refractivity contribution in [1.29, 1.82) is 0 Å². The van der Waals surface area contributed by atoms with Crippen molar-refractivity contribution >= 4 is 40.9 Å². The number of benzene rings is 2. The van der Waals surface area contributed by atoms with Crippen LogP contribution in [0.1, 0.15) is 18.1 Å². The monoisotopic (exact) mass is 376 g/mol. The van der Waals surface area contributed by atoms with Crippen molar-refractivity contribution in [1.82, 2.24) is 5.32 Å². The van der Waals surface area contributed by atoms with Crippen molar-refractivity contribution in [3.05, 3.63) is 64.7 Å². The van der Waals surface area contributed by atoms with Crippen molar-refractivity contribution in [3.63, 3.8) is 0 Å². The fourth-order valence-electron chi connectivity index (χ4n) is 2.09. The molecule has 0 saturated carbocycles. The van der Waals surface area contributed by atoms with E-state index in [2.05, 4.69) is 10.6 Å². The molecule has 0 aliphatic carbocycles. The molecule has 2 N–H and O–H groups in total. The second-order valence-corrected chi connectivity index (χ2v) is 7.48. The minimum absolute atomic E-state index is 0.104. The molecule has 1 atom stereocenters. The Balaban J connectivity index is 1.73. The Morgan fingerprint density at radius 3 is 2.56 bits per heavy atom. The number of carbonyl (C=O) groups excluding carboxylic acids is 2. The molecule has 2 amide bonds. The first-order valence-electron chi connectivity index (χ1n) is 7.94. The fraction of sp³-hybridized carbons (Fsp3) is 0.263. The molecule has 132 valence electrons. The van der Waals surface area contributed by atoms with Crippen molar-refractivity contribution in [2.75, 3.05) is 11.1 Å². The zero-order valence-corrected chi connectivity index (χ0v) is 15.8. The number of anilines is 1. The molecule has 0 saturated heterocycles. The van der Waals surface area contributed by atoms with Crippen molar-refractivity contribution in [2.45, 2.75) is 25.6 Å². The molecule has 0 spiro atoms. The molecule has 0 aliphatic rings. The van der Waals surface area contributed by atoms with Crippen LogP contribution in [0.5, 0.6) is 0 Å². The summed E-state index contributed by atoms with van der Waals surface area (Å²) in [5.74, 6) is -0.00365. The highest BCUT2D eigenvalue weighted by Gasteiger charge is 2.15. The lowest BCUT2D eigenvalue weighted by Crippen LogP contribution is -2.31. The van der Waals surface area contributed by atoms with E-state index in [1.54, 1.807) is 13.0 Å². The maximum absolute atomic E-state index is 12.1. The van der Waals surface area contributed by atoms with Crippen LogP contribution >= 0.6 is 23.4 Å². The van der Waals surface area contributed by atoms with E-state index < -0.39 is 0 Å². The number of amides is 2.